The molecule has 0 amide bonds. The number of ketones is 1. The van der Waals surface area contributed by atoms with E-state index in [2.05, 4.69) is 15.9 Å². The number of carbonyl (C=O) groups excluding carboxylic acids is 1. The van der Waals surface area contributed by atoms with Gasteiger partial charge in [-0.15, -0.1) is 0 Å². The van der Waals surface area contributed by atoms with Gasteiger partial charge in [-0.2, -0.15) is 0 Å². The Morgan fingerprint density at radius 3 is 2.50 bits per heavy atom. The van der Waals surface area contributed by atoms with Gasteiger partial charge in [-0.3, -0.25) is 4.79 Å². The van der Waals surface area contributed by atoms with E-state index in [1.807, 2.05) is 32.0 Å². The first-order chi connectivity index (χ1) is 9.58. The summed E-state index contributed by atoms with van der Waals surface area (Å²) >= 11 is 3.16. The molecule has 0 atom stereocenters. The van der Waals surface area contributed by atoms with Gasteiger partial charge in [-0.05, 0) is 58.1 Å². The molecule has 0 bridgehead atoms. The number of aryl methyl sites for hydroxylation is 2. The molecule has 20 heavy (non-hydrogen) atoms. The molecule has 0 radical (unpaired) electrons. The minimum Gasteiger partial charge on any atom is -0.289 e. The summed E-state index contributed by atoms with van der Waals surface area (Å²) < 4.78 is 13.8. The quantitative estimate of drug-likeness (QED) is 0.723. The molecule has 0 saturated carbocycles. The van der Waals surface area contributed by atoms with Gasteiger partial charge in [-0.1, -0.05) is 32.0 Å². The molecule has 2 aromatic carbocycles. The number of carbonyl (C=O) groups is 1. The van der Waals surface area contributed by atoms with Crippen molar-refractivity contribution in [2.24, 2.45) is 0 Å². The molecule has 2 rings (SSSR count). The van der Waals surface area contributed by atoms with Crippen LogP contribution in [-0.2, 0) is 12.8 Å². The molecule has 104 valence electrons. The van der Waals surface area contributed by atoms with E-state index < -0.39 is 5.82 Å². The number of rotatable bonds is 4. The first kappa shape index (κ1) is 14.9. The molecule has 2 aromatic rings. The van der Waals surface area contributed by atoms with Crippen LogP contribution in [0.25, 0.3) is 0 Å². The lowest BCUT2D eigenvalue weighted by atomic mass is 9.94. The van der Waals surface area contributed by atoms with Crippen LogP contribution < -0.4 is 0 Å². The van der Waals surface area contributed by atoms with Gasteiger partial charge < -0.3 is 0 Å². The Morgan fingerprint density at radius 1 is 1.10 bits per heavy atom. The molecular weight excluding hydrogens is 319 g/mol. The third-order valence-electron chi connectivity index (χ3n) is 3.40. The molecule has 0 aliphatic heterocycles. The lowest BCUT2D eigenvalue weighted by Gasteiger charge is -2.10. The highest BCUT2D eigenvalue weighted by Crippen LogP contribution is 2.25. The zero-order valence-corrected chi connectivity index (χ0v) is 13.1. The van der Waals surface area contributed by atoms with Gasteiger partial charge in [0.05, 0.1) is 4.47 Å². The Bertz CT molecular complexity index is 649. The monoisotopic (exact) mass is 334 g/mol. The third kappa shape index (κ3) is 2.83. The second kappa shape index (κ2) is 6.31. The molecule has 3 heteroatoms. The van der Waals surface area contributed by atoms with Crippen LogP contribution in [0, 0.1) is 5.82 Å². The van der Waals surface area contributed by atoms with Crippen molar-refractivity contribution in [3.05, 3.63) is 68.9 Å². The summed E-state index contributed by atoms with van der Waals surface area (Å²) in [5.74, 6) is -0.552. The van der Waals surface area contributed by atoms with Crippen molar-refractivity contribution in [1.82, 2.24) is 0 Å². The van der Waals surface area contributed by atoms with Crippen molar-refractivity contribution >= 4 is 21.7 Å². The molecule has 0 aliphatic rings. The SMILES string of the molecule is CCc1ccc(CC)c(C(=O)c2cccc(F)c2Br)c1. The highest BCUT2D eigenvalue weighted by atomic mass is 79.9. The smallest absolute Gasteiger partial charge is 0.194 e. The maximum absolute atomic E-state index is 13.6. The number of hydrogen-bond donors (Lipinski definition) is 0. The molecule has 0 saturated heterocycles. The summed E-state index contributed by atoms with van der Waals surface area (Å²) in [6.45, 7) is 4.06. The fourth-order valence-corrected chi connectivity index (χ4v) is 2.63. The highest BCUT2D eigenvalue weighted by Gasteiger charge is 2.17. The van der Waals surface area contributed by atoms with Crippen LogP contribution in [-0.4, -0.2) is 5.78 Å². The second-order valence-corrected chi connectivity index (χ2v) is 5.42. The van der Waals surface area contributed by atoms with Gasteiger partial charge in [0.2, 0.25) is 0 Å². The third-order valence-corrected chi connectivity index (χ3v) is 4.21. The van der Waals surface area contributed by atoms with Crippen LogP contribution >= 0.6 is 15.9 Å². The summed E-state index contributed by atoms with van der Waals surface area (Å²) in [6.07, 6.45) is 1.65. The lowest BCUT2D eigenvalue weighted by Crippen LogP contribution is -2.07. The maximum Gasteiger partial charge on any atom is 0.194 e. The zero-order chi connectivity index (χ0) is 14.7. The van der Waals surface area contributed by atoms with Gasteiger partial charge in [0.1, 0.15) is 5.82 Å². The van der Waals surface area contributed by atoms with Gasteiger partial charge in [0.25, 0.3) is 0 Å². The van der Waals surface area contributed by atoms with Crippen LogP contribution in [0.1, 0.15) is 40.9 Å². The fraction of sp³-hybridized carbons (Fsp3) is 0.235. The van der Waals surface area contributed by atoms with Crippen LogP contribution in [0.15, 0.2) is 40.9 Å². The predicted molar refractivity (Wildman–Crippen MR) is 82.7 cm³/mol. The van der Waals surface area contributed by atoms with Crippen LogP contribution in [0.4, 0.5) is 4.39 Å². The van der Waals surface area contributed by atoms with E-state index in [4.69, 9.17) is 0 Å². The van der Waals surface area contributed by atoms with Crippen LogP contribution in [0.3, 0.4) is 0 Å². The molecule has 0 aromatic heterocycles. The topological polar surface area (TPSA) is 17.1 Å². The predicted octanol–water partition coefficient (Wildman–Crippen LogP) is 4.94. The van der Waals surface area contributed by atoms with Crippen LogP contribution in [0.2, 0.25) is 0 Å². The van der Waals surface area contributed by atoms with Crippen molar-refractivity contribution in [2.75, 3.05) is 0 Å². The molecule has 0 heterocycles. The Kier molecular flexibility index (Phi) is 4.71. The molecule has 1 nitrogen and oxygen atoms in total. The van der Waals surface area contributed by atoms with Crippen molar-refractivity contribution in [1.29, 1.82) is 0 Å². The minimum atomic E-state index is -0.416. The van der Waals surface area contributed by atoms with Gasteiger partial charge in [0, 0.05) is 11.1 Å². The largest absolute Gasteiger partial charge is 0.289 e. The van der Waals surface area contributed by atoms with E-state index >= 15 is 0 Å². The van der Waals surface area contributed by atoms with Crippen molar-refractivity contribution in [2.45, 2.75) is 26.7 Å². The van der Waals surface area contributed by atoms with Gasteiger partial charge in [-0.25, -0.2) is 4.39 Å². The van der Waals surface area contributed by atoms with Crippen molar-refractivity contribution in [3.63, 3.8) is 0 Å². The van der Waals surface area contributed by atoms with E-state index in [1.54, 1.807) is 12.1 Å². The molecule has 0 fully saturated rings. The normalized spacial score (nSPS) is 10.6. The average molecular weight is 335 g/mol. The summed E-state index contributed by atoms with van der Waals surface area (Å²) in [4.78, 5) is 12.7. The zero-order valence-electron chi connectivity index (χ0n) is 11.5. The Morgan fingerprint density at radius 2 is 1.85 bits per heavy atom. The lowest BCUT2D eigenvalue weighted by molar-refractivity contribution is 0.103. The fourth-order valence-electron chi connectivity index (χ4n) is 2.19. The second-order valence-electron chi connectivity index (χ2n) is 4.63. The summed E-state index contributed by atoms with van der Waals surface area (Å²) in [6, 6.07) is 10.5. The Balaban J connectivity index is 2.55. The molecular formula is C17H16BrFO. The Labute approximate surface area is 127 Å². The average Bonchev–Trinajstić information content (AvgIpc) is 2.48. The number of halogens is 2. The van der Waals surface area contributed by atoms with Gasteiger partial charge in [0.15, 0.2) is 5.78 Å². The van der Waals surface area contributed by atoms with Gasteiger partial charge >= 0.3 is 0 Å². The summed E-state index contributed by atoms with van der Waals surface area (Å²) in [7, 11) is 0. The highest BCUT2D eigenvalue weighted by molar-refractivity contribution is 9.10. The summed E-state index contributed by atoms with van der Waals surface area (Å²) in [5.41, 5.74) is 3.13. The molecule has 0 aliphatic carbocycles. The first-order valence-electron chi connectivity index (χ1n) is 6.69. The maximum atomic E-state index is 13.6. The molecule has 0 unspecified atom stereocenters. The van der Waals surface area contributed by atoms with E-state index in [0.717, 1.165) is 24.0 Å². The van der Waals surface area contributed by atoms with Crippen LogP contribution in [0.5, 0.6) is 0 Å². The molecule has 0 spiro atoms. The number of hydrogen-bond acceptors (Lipinski definition) is 1. The van der Waals surface area contributed by atoms with Crippen molar-refractivity contribution < 1.29 is 9.18 Å². The van der Waals surface area contributed by atoms with E-state index in [1.165, 1.54) is 6.07 Å². The van der Waals surface area contributed by atoms with E-state index in [0.29, 0.717) is 11.1 Å². The first-order valence-corrected chi connectivity index (χ1v) is 7.48. The van der Waals surface area contributed by atoms with E-state index in [9.17, 15) is 9.18 Å². The standard InChI is InChI=1S/C17H16BrFO/c1-3-11-8-9-12(4-2)14(10-11)17(20)13-6-5-7-15(19)16(13)18/h5-10H,3-4H2,1-2H3. The number of benzene rings is 2. The molecule has 0 N–H and O–H groups in total. The van der Waals surface area contributed by atoms with E-state index in [-0.39, 0.29) is 10.3 Å². The summed E-state index contributed by atoms with van der Waals surface area (Å²) in [5, 5.41) is 0. The minimum absolute atomic E-state index is 0.136. The van der Waals surface area contributed by atoms with Crippen molar-refractivity contribution in [3.8, 4) is 0 Å². The Hall–Kier alpha value is -1.48.